The number of carbonyl (C=O) groups excluding carboxylic acids is 1. The van der Waals surface area contributed by atoms with Crippen LogP contribution in [0.2, 0.25) is 0 Å². The summed E-state index contributed by atoms with van der Waals surface area (Å²) in [5.74, 6) is 1.68. The minimum Gasteiger partial charge on any atom is -0.494 e. The number of para-hydroxylation sites is 1. The molecule has 0 saturated carbocycles. The molecule has 0 amide bonds. The van der Waals surface area contributed by atoms with Crippen molar-refractivity contribution >= 4 is 29.1 Å². The summed E-state index contributed by atoms with van der Waals surface area (Å²) in [6.45, 7) is 7.40. The second-order valence-corrected chi connectivity index (χ2v) is 13.6. The fraction of sp³-hybridized carbons (Fsp3) is 0.250. The predicted octanol–water partition coefficient (Wildman–Crippen LogP) is 11.5. The van der Waals surface area contributed by atoms with E-state index in [1.54, 1.807) is 36.4 Å². The number of fused-ring (bicyclic) bond motifs is 2. The molecule has 5 aromatic rings. The lowest BCUT2D eigenvalue weighted by Crippen LogP contribution is -2.58. The highest BCUT2D eigenvalue weighted by atomic mass is 16.5. The molecular weight excluding hydrogens is 635 g/mol. The van der Waals surface area contributed by atoms with Gasteiger partial charge in [0.05, 0.1) is 29.0 Å². The molecule has 51 heavy (non-hydrogen) atoms. The van der Waals surface area contributed by atoms with Crippen LogP contribution in [0.15, 0.2) is 132 Å². The normalized spacial score (nSPS) is 16.9. The van der Waals surface area contributed by atoms with Gasteiger partial charge in [-0.05, 0) is 122 Å². The zero-order valence-electron chi connectivity index (χ0n) is 29.6. The number of esters is 1. The molecule has 7 rings (SSSR count). The minimum atomic E-state index is -0.628. The number of hydrogen-bond acceptors (Lipinski definition) is 7. The maximum Gasteiger partial charge on any atom is 0.343 e. The summed E-state index contributed by atoms with van der Waals surface area (Å²) in [6, 6.07) is 36.7. The third-order valence-corrected chi connectivity index (χ3v) is 9.98. The van der Waals surface area contributed by atoms with Gasteiger partial charge in [-0.2, -0.15) is 10.2 Å². The van der Waals surface area contributed by atoms with Crippen LogP contribution in [-0.4, -0.2) is 25.3 Å². The highest BCUT2D eigenvalue weighted by Gasteiger charge is 2.57. The van der Waals surface area contributed by atoms with Crippen molar-refractivity contribution in [3.63, 3.8) is 0 Å². The van der Waals surface area contributed by atoms with Crippen LogP contribution in [0, 0.1) is 0 Å². The largest absolute Gasteiger partial charge is 0.494 e. The molecule has 0 radical (unpaired) electrons. The fourth-order valence-corrected chi connectivity index (χ4v) is 6.95. The van der Waals surface area contributed by atoms with Crippen molar-refractivity contribution in [2.75, 3.05) is 18.6 Å². The van der Waals surface area contributed by atoms with Gasteiger partial charge in [0.25, 0.3) is 0 Å². The Morgan fingerprint density at radius 1 is 0.765 bits per heavy atom. The van der Waals surface area contributed by atoms with Crippen LogP contribution in [0.4, 0.5) is 17.1 Å². The molecule has 1 atom stereocenters. The van der Waals surface area contributed by atoms with Crippen LogP contribution >= 0.6 is 0 Å². The van der Waals surface area contributed by atoms with Crippen molar-refractivity contribution < 1.29 is 19.0 Å². The van der Waals surface area contributed by atoms with Gasteiger partial charge in [-0.25, -0.2) is 4.79 Å². The van der Waals surface area contributed by atoms with Crippen molar-refractivity contribution in [1.82, 2.24) is 0 Å². The molecule has 5 aromatic carbocycles. The quantitative estimate of drug-likeness (QED) is 0.0602. The first-order valence-electron chi connectivity index (χ1n) is 17.7. The first kappa shape index (κ1) is 33.8. The molecule has 0 saturated heterocycles. The Balaban J connectivity index is 0.940. The number of carbonyl (C=O) groups is 1. The van der Waals surface area contributed by atoms with Gasteiger partial charge in [-0.1, -0.05) is 68.7 Å². The molecule has 7 nitrogen and oxygen atoms in total. The summed E-state index contributed by atoms with van der Waals surface area (Å²) in [6.07, 6.45) is 8.99. The van der Waals surface area contributed by atoms with Crippen molar-refractivity contribution in [3.05, 3.63) is 138 Å². The number of nitrogens with zero attached hydrogens (tertiary/aromatic N) is 3. The average Bonchev–Trinajstić information content (AvgIpc) is 3.32. The van der Waals surface area contributed by atoms with E-state index in [-0.39, 0.29) is 5.41 Å². The van der Waals surface area contributed by atoms with Crippen molar-refractivity contribution in [1.29, 1.82) is 0 Å². The van der Waals surface area contributed by atoms with Gasteiger partial charge < -0.3 is 19.1 Å². The summed E-state index contributed by atoms with van der Waals surface area (Å²) in [4.78, 5) is 15.1. The molecule has 2 aliphatic heterocycles. The Morgan fingerprint density at radius 3 is 2.16 bits per heavy atom. The second kappa shape index (κ2) is 14.3. The number of benzene rings is 5. The Kier molecular flexibility index (Phi) is 9.46. The Bertz CT molecular complexity index is 2070. The molecule has 258 valence electrons. The first-order valence-corrected chi connectivity index (χ1v) is 17.7. The Labute approximate surface area is 300 Å². The summed E-state index contributed by atoms with van der Waals surface area (Å²) in [5, 5.41) is 8.87. The summed E-state index contributed by atoms with van der Waals surface area (Å²) < 4.78 is 18.2. The number of ether oxygens (including phenoxy) is 3. The standard InChI is InChI=1S/C44H43N3O4/c1-5-6-7-10-29-49-37-22-17-32(18-23-37)31-13-15-33(16-14-31)42(48)50-38-24-19-35(20-25-38)45-46-36-21-26-41-34(30-36)27-28-44(51-41)43(2,3)39-11-8-9-12-40(39)47(44)4/h8-9,11-28,30H,5-7,10,29H2,1-4H3. The lowest BCUT2D eigenvalue weighted by molar-refractivity contribution is 0.0582. The van der Waals surface area contributed by atoms with Crippen LogP contribution in [0.3, 0.4) is 0 Å². The van der Waals surface area contributed by atoms with Crippen molar-refractivity contribution in [3.8, 4) is 28.4 Å². The van der Waals surface area contributed by atoms with E-state index in [2.05, 4.69) is 79.4 Å². The van der Waals surface area contributed by atoms with E-state index in [9.17, 15) is 4.79 Å². The number of likely N-dealkylation sites (N-methyl/N-ethyl adjacent to an activating group) is 1. The zero-order chi connectivity index (χ0) is 35.4. The maximum absolute atomic E-state index is 12.9. The lowest BCUT2D eigenvalue weighted by Gasteiger charge is -2.45. The highest BCUT2D eigenvalue weighted by molar-refractivity contribution is 5.91. The number of anilines is 1. The van der Waals surface area contributed by atoms with Crippen LogP contribution in [0.1, 0.15) is 67.9 Å². The van der Waals surface area contributed by atoms with E-state index >= 15 is 0 Å². The van der Waals surface area contributed by atoms with Gasteiger partial charge in [0.1, 0.15) is 17.2 Å². The molecule has 1 unspecified atom stereocenters. The summed E-state index contributed by atoms with van der Waals surface area (Å²) >= 11 is 0. The van der Waals surface area contributed by atoms with Gasteiger partial charge >= 0.3 is 5.97 Å². The predicted molar refractivity (Wildman–Crippen MR) is 204 cm³/mol. The monoisotopic (exact) mass is 677 g/mol. The SMILES string of the molecule is CCCCCCOc1ccc(-c2ccc(C(=O)Oc3ccc(N=Nc4ccc5c(c4)C=CC4(O5)N(C)c5ccccc5C4(C)C)cc3)cc2)cc1. The molecule has 0 aliphatic carbocycles. The van der Waals surface area contributed by atoms with Crippen LogP contribution in [0.25, 0.3) is 17.2 Å². The van der Waals surface area contributed by atoms with Crippen molar-refractivity contribution in [2.45, 2.75) is 57.6 Å². The lowest BCUT2D eigenvalue weighted by atomic mass is 9.76. The minimum absolute atomic E-state index is 0.257. The van der Waals surface area contributed by atoms with E-state index in [1.165, 1.54) is 30.5 Å². The number of azo groups is 1. The summed E-state index contributed by atoms with van der Waals surface area (Å²) in [7, 11) is 2.09. The zero-order valence-corrected chi connectivity index (χ0v) is 29.6. The van der Waals surface area contributed by atoms with Gasteiger partial charge in [-0.15, -0.1) is 0 Å². The smallest absolute Gasteiger partial charge is 0.343 e. The average molecular weight is 678 g/mol. The third kappa shape index (κ3) is 6.76. The van der Waals surface area contributed by atoms with Gasteiger partial charge in [0.15, 0.2) is 0 Å². The number of hydrogen-bond donors (Lipinski definition) is 0. The highest BCUT2D eigenvalue weighted by Crippen LogP contribution is 2.54. The Morgan fingerprint density at radius 2 is 1.43 bits per heavy atom. The van der Waals surface area contributed by atoms with Gasteiger partial charge in [-0.3, -0.25) is 0 Å². The van der Waals surface area contributed by atoms with E-state index in [0.29, 0.717) is 22.7 Å². The first-order chi connectivity index (χ1) is 24.8. The second-order valence-electron chi connectivity index (χ2n) is 13.6. The Hall–Kier alpha value is -5.69. The maximum atomic E-state index is 12.9. The van der Waals surface area contributed by atoms with Gasteiger partial charge in [0.2, 0.25) is 5.72 Å². The molecule has 0 fully saturated rings. The number of unbranched alkanes of at least 4 members (excludes halogenated alkanes) is 3. The molecular formula is C44H43N3O4. The van der Waals surface area contributed by atoms with E-state index < -0.39 is 11.7 Å². The van der Waals surface area contributed by atoms with Crippen LogP contribution in [0.5, 0.6) is 17.2 Å². The molecule has 7 heteroatoms. The van der Waals surface area contributed by atoms with E-state index in [1.807, 2.05) is 54.6 Å². The van der Waals surface area contributed by atoms with E-state index in [4.69, 9.17) is 14.2 Å². The van der Waals surface area contributed by atoms with Gasteiger partial charge in [0, 0.05) is 18.3 Å². The molecule has 0 N–H and O–H groups in total. The number of rotatable bonds is 11. The molecule has 0 bridgehead atoms. The summed E-state index contributed by atoms with van der Waals surface area (Å²) in [5.41, 5.74) is 6.39. The van der Waals surface area contributed by atoms with Crippen LogP contribution < -0.4 is 19.1 Å². The molecule has 0 aromatic heterocycles. The topological polar surface area (TPSA) is 72.7 Å². The third-order valence-electron chi connectivity index (χ3n) is 9.98. The molecule has 2 heterocycles. The molecule has 1 spiro atoms. The van der Waals surface area contributed by atoms with Crippen molar-refractivity contribution in [2.24, 2.45) is 10.2 Å². The van der Waals surface area contributed by atoms with Crippen LogP contribution in [-0.2, 0) is 5.41 Å². The fourth-order valence-electron chi connectivity index (χ4n) is 6.95. The molecule has 2 aliphatic rings. The van der Waals surface area contributed by atoms with E-state index in [0.717, 1.165) is 41.2 Å².